The van der Waals surface area contributed by atoms with E-state index in [1.54, 1.807) is 20.2 Å². The molecule has 0 aliphatic rings. The van der Waals surface area contributed by atoms with Crippen molar-refractivity contribution in [1.29, 1.82) is 0 Å². The Morgan fingerprint density at radius 2 is 1.79 bits per heavy atom. The number of para-hydroxylation sites is 2. The van der Waals surface area contributed by atoms with Crippen LogP contribution in [0.4, 0.5) is 5.69 Å². The van der Waals surface area contributed by atoms with E-state index >= 15 is 0 Å². The van der Waals surface area contributed by atoms with E-state index in [1.165, 1.54) is 7.11 Å². The van der Waals surface area contributed by atoms with Crippen LogP contribution >= 0.6 is 0 Å². The fourth-order valence-electron chi connectivity index (χ4n) is 3.45. The Hall–Kier alpha value is -3.87. The van der Waals surface area contributed by atoms with Crippen molar-refractivity contribution in [2.45, 2.75) is 13.8 Å². The van der Waals surface area contributed by atoms with Crippen LogP contribution in [0.3, 0.4) is 0 Å². The summed E-state index contributed by atoms with van der Waals surface area (Å²) in [5.41, 5.74) is 5.41. The normalized spacial score (nSPS) is 10.9. The number of hydrogen-bond donors (Lipinski definition) is 2. The first-order chi connectivity index (χ1) is 14.0. The zero-order valence-corrected chi connectivity index (χ0v) is 16.3. The number of aryl methyl sites for hydroxylation is 1. The second kappa shape index (κ2) is 7.27. The molecular formula is C22H20N4O3. The van der Waals surface area contributed by atoms with Gasteiger partial charge in [-0.3, -0.25) is 9.36 Å². The number of amides is 1. The summed E-state index contributed by atoms with van der Waals surface area (Å²) >= 11 is 0. The third-order valence-electron chi connectivity index (χ3n) is 4.91. The number of aromatic nitrogens is 3. The monoisotopic (exact) mass is 388 g/mol. The Labute approximate surface area is 167 Å². The average Bonchev–Trinajstić information content (AvgIpc) is 3.29. The molecule has 0 spiro atoms. The van der Waals surface area contributed by atoms with Gasteiger partial charge in [0, 0.05) is 17.1 Å². The van der Waals surface area contributed by atoms with Crippen molar-refractivity contribution in [3.63, 3.8) is 0 Å². The number of fused-ring (bicyclic) bond motifs is 1. The van der Waals surface area contributed by atoms with Crippen LogP contribution < -0.4 is 5.32 Å². The van der Waals surface area contributed by atoms with Gasteiger partial charge in [0.15, 0.2) is 0 Å². The number of aromatic amines is 1. The van der Waals surface area contributed by atoms with Gasteiger partial charge in [-0.1, -0.05) is 12.1 Å². The highest BCUT2D eigenvalue weighted by molar-refractivity contribution is 6.06. The summed E-state index contributed by atoms with van der Waals surface area (Å²) in [6.07, 6.45) is 1.78. The number of carbonyl (C=O) groups is 2. The van der Waals surface area contributed by atoms with Crippen LogP contribution in [0, 0.1) is 13.8 Å². The molecule has 0 saturated heterocycles. The van der Waals surface area contributed by atoms with Gasteiger partial charge in [-0.05, 0) is 55.8 Å². The molecule has 7 nitrogen and oxygen atoms in total. The number of esters is 1. The van der Waals surface area contributed by atoms with Crippen molar-refractivity contribution in [2.75, 3.05) is 12.4 Å². The molecule has 0 radical (unpaired) electrons. The Balaban J connectivity index is 1.57. The highest BCUT2D eigenvalue weighted by Gasteiger charge is 2.22. The van der Waals surface area contributed by atoms with Gasteiger partial charge in [0.1, 0.15) is 12.0 Å². The summed E-state index contributed by atoms with van der Waals surface area (Å²) in [6.45, 7) is 3.46. The minimum absolute atomic E-state index is 0.318. The smallest absolute Gasteiger partial charge is 0.339 e. The third kappa shape index (κ3) is 3.27. The van der Waals surface area contributed by atoms with Crippen LogP contribution in [-0.2, 0) is 4.74 Å². The molecule has 0 saturated carbocycles. The molecule has 0 bridgehead atoms. The topological polar surface area (TPSA) is 89.0 Å². The van der Waals surface area contributed by atoms with E-state index in [4.69, 9.17) is 4.74 Å². The first-order valence-corrected chi connectivity index (χ1v) is 9.11. The number of benzene rings is 2. The number of nitrogens with zero attached hydrogens (tertiary/aromatic N) is 2. The van der Waals surface area contributed by atoms with Gasteiger partial charge < -0.3 is 15.0 Å². The molecule has 4 rings (SSSR count). The first-order valence-electron chi connectivity index (χ1n) is 9.11. The molecule has 0 fully saturated rings. The largest absolute Gasteiger partial charge is 0.465 e. The van der Waals surface area contributed by atoms with Crippen molar-refractivity contribution in [3.8, 4) is 5.69 Å². The molecule has 2 aromatic heterocycles. The number of anilines is 1. The molecule has 0 atom stereocenters. The summed E-state index contributed by atoms with van der Waals surface area (Å²) in [6, 6.07) is 15.4. The van der Waals surface area contributed by atoms with Gasteiger partial charge >= 0.3 is 5.97 Å². The Morgan fingerprint density at radius 3 is 2.52 bits per heavy atom. The Bertz CT molecular complexity index is 1220. The molecule has 7 heteroatoms. The van der Waals surface area contributed by atoms with Crippen molar-refractivity contribution in [3.05, 3.63) is 77.4 Å². The maximum absolute atomic E-state index is 12.7. The molecule has 29 heavy (non-hydrogen) atoms. The molecule has 1 amide bonds. The molecule has 0 aliphatic carbocycles. The lowest BCUT2D eigenvalue weighted by molar-refractivity contribution is 0.0599. The van der Waals surface area contributed by atoms with Crippen LogP contribution in [0.1, 0.15) is 32.1 Å². The van der Waals surface area contributed by atoms with Gasteiger partial charge in [0.25, 0.3) is 5.91 Å². The van der Waals surface area contributed by atoms with Crippen LogP contribution in [0.5, 0.6) is 0 Å². The molecule has 2 heterocycles. The van der Waals surface area contributed by atoms with Crippen molar-refractivity contribution in [1.82, 2.24) is 14.5 Å². The van der Waals surface area contributed by atoms with Gasteiger partial charge in [0.05, 0.1) is 23.7 Å². The van der Waals surface area contributed by atoms with E-state index in [9.17, 15) is 9.59 Å². The van der Waals surface area contributed by atoms with Gasteiger partial charge in [0.2, 0.25) is 0 Å². The average molecular weight is 388 g/mol. The SMILES string of the molecule is COC(=O)c1c(C)[nH]c(C(=O)Nc2ccc(-n3cnc4ccccc43)cc2)c1C. The Morgan fingerprint density at radius 1 is 1.07 bits per heavy atom. The van der Waals surface area contributed by atoms with Crippen LogP contribution in [-0.4, -0.2) is 33.5 Å². The summed E-state index contributed by atoms with van der Waals surface area (Å²) < 4.78 is 6.78. The predicted molar refractivity (Wildman–Crippen MR) is 111 cm³/mol. The lowest BCUT2D eigenvalue weighted by Crippen LogP contribution is -2.14. The fraction of sp³-hybridized carbons (Fsp3) is 0.136. The van der Waals surface area contributed by atoms with E-state index in [0.717, 1.165) is 16.7 Å². The van der Waals surface area contributed by atoms with Crippen LogP contribution in [0.2, 0.25) is 0 Å². The van der Waals surface area contributed by atoms with E-state index < -0.39 is 5.97 Å². The molecular weight excluding hydrogens is 368 g/mol. The van der Waals surface area contributed by atoms with E-state index in [1.807, 2.05) is 53.1 Å². The standard InChI is InChI=1S/C22H20N4O3/c1-13-19(22(28)29-3)14(2)24-20(13)21(27)25-15-8-10-16(11-9-15)26-12-23-17-6-4-5-7-18(17)26/h4-12,24H,1-3H3,(H,25,27). The van der Waals surface area contributed by atoms with Gasteiger partial charge in [-0.15, -0.1) is 0 Å². The second-order valence-electron chi connectivity index (χ2n) is 6.72. The number of nitrogens with one attached hydrogen (secondary N) is 2. The number of imidazole rings is 1. The van der Waals surface area contributed by atoms with Crippen molar-refractivity contribution >= 4 is 28.6 Å². The summed E-state index contributed by atoms with van der Waals surface area (Å²) in [5, 5.41) is 2.86. The van der Waals surface area contributed by atoms with E-state index in [-0.39, 0.29) is 5.91 Å². The Kier molecular flexibility index (Phi) is 4.64. The fourth-order valence-corrected chi connectivity index (χ4v) is 3.45. The molecule has 2 N–H and O–H groups in total. The second-order valence-corrected chi connectivity index (χ2v) is 6.72. The minimum Gasteiger partial charge on any atom is -0.465 e. The number of carbonyl (C=O) groups excluding carboxylic acids is 2. The number of methoxy groups -OCH3 is 1. The minimum atomic E-state index is -0.466. The lowest BCUT2D eigenvalue weighted by atomic mass is 10.1. The zero-order valence-electron chi connectivity index (χ0n) is 16.3. The van der Waals surface area contributed by atoms with Gasteiger partial charge in [-0.25, -0.2) is 9.78 Å². The number of rotatable bonds is 4. The molecule has 2 aromatic carbocycles. The molecule has 4 aromatic rings. The summed E-state index contributed by atoms with van der Waals surface area (Å²) in [7, 11) is 1.32. The maximum atomic E-state index is 12.7. The number of hydrogen-bond acceptors (Lipinski definition) is 4. The molecule has 0 aliphatic heterocycles. The van der Waals surface area contributed by atoms with Gasteiger partial charge in [-0.2, -0.15) is 0 Å². The first kappa shape index (κ1) is 18.5. The van der Waals surface area contributed by atoms with Crippen LogP contribution in [0.25, 0.3) is 16.7 Å². The molecule has 146 valence electrons. The van der Waals surface area contributed by atoms with E-state index in [0.29, 0.717) is 28.2 Å². The van der Waals surface area contributed by atoms with Crippen molar-refractivity contribution < 1.29 is 14.3 Å². The summed E-state index contributed by atoms with van der Waals surface area (Å²) in [4.78, 5) is 32.0. The maximum Gasteiger partial charge on any atom is 0.339 e. The zero-order chi connectivity index (χ0) is 20.5. The number of ether oxygens (including phenoxy) is 1. The van der Waals surface area contributed by atoms with Crippen molar-refractivity contribution in [2.24, 2.45) is 0 Å². The highest BCUT2D eigenvalue weighted by atomic mass is 16.5. The molecule has 0 unspecified atom stereocenters. The lowest BCUT2D eigenvalue weighted by Gasteiger charge is -2.08. The summed E-state index contributed by atoms with van der Waals surface area (Å²) in [5.74, 6) is -0.784. The quantitative estimate of drug-likeness (QED) is 0.517. The third-order valence-corrected chi connectivity index (χ3v) is 4.91. The van der Waals surface area contributed by atoms with Crippen LogP contribution in [0.15, 0.2) is 54.9 Å². The highest BCUT2D eigenvalue weighted by Crippen LogP contribution is 2.22. The number of H-pyrrole nitrogens is 1. The van der Waals surface area contributed by atoms with E-state index in [2.05, 4.69) is 15.3 Å². The predicted octanol–water partition coefficient (Wildman–Crippen LogP) is 4.01.